The van der Waals surface area contributed by atoms with E-state index in [0.29, 0.717) is 5.02 Å². The van der Waals surface area contributed by atoms with Crippen molar-refractivity contribution in [2.24, 2.45) is 0 Å². The predicted octanol–water partition coefficient (Wildman–Crippen LogP) is 3.88. The minimum absolute atomic E-state index is 0.299. The molecule has 1 aromatic carbocycles. The molecule has 0 aliphatic carbocycles. The summed E-state index contributed by atoms with van der Waals surface area (Å²) < 4.78 is 12.9. The molecule has 1 N–H and O–H groups in total. The maximum Gasteiger partial charge on any atom is 0.124 e. The van der Waals surface area contributed by atoms with Crippen LogP contribution in [0.5, 0.6) is 0 Å². The second-order valence-corrected chi connectivity index (χ2v) is 4.01. The second kappa shape index (κ2) is 6.66. The van der Waals surface area contributed by atoms with Gasteiger partial charge < -0.3 is 5.32 Å². The Morgan fingerprint density at radius 2 is 2.19 bits per heavy atom. The first-order chi connectivity index (χ1) is 7.67. The molecule has 0 aromatic heterocycles. The van der Waals surface area contributed by atoms with E-state index < -0.39 is 0 Å². The van der Waals surface area contributed by atoms with Crippen LogP contribution in [0.25, 0.3) is 6.08 Å². The third-order valence-corrected chi connectivity index (χ3v) is 2.71. The molecule has 1 rings (SSSR count). The van der Waals surface area contributed by atoms with Crippen molar-refractivity contribution < 1.29 is 4.39 Å². The molecule has 0 saturated heterocycles. The van der Waals surface area contributed by atoms with E-state index >= 15 is 0 Å². The van der Waals surface area contributed by atoms with Gasteiger partial charge in [-0.05, 0) is 30.7 Å². The van der Waals surface area contributed by atoms with Gasteiger partial charge in [0.15, 0.2) is 0 Å². The van der Waals surface area contributed by atoms with Crippen molar-refractivity contribution in [2.75, 3.05) is 13.1 Å². The Labute approximate surface area is 101 Å². The van der Waals surface area contributed by atoms with Crippen LogP contribution in [0, 0.1) is 5.82 Å². The van der Waals surface area contributed by atoms with Gasteiger partial charge in [0.1, 0.15) is 5.82 Å². The van der Waals surface area contributed by atoms with E-state index in [0.717, 1.165) is 25.1 Å². The first-order valence-electron chi connectivity index (χ1n) is 5.52. The topological polar surface area (TPSA) is 12.0 Å². The number of likely N-dealkylation sites (N-methyl/N-ethyl adjacent to an activating group) is 1. The lowest BCUT2D eigenvalue weighted by atomic mass is 10.1. The van der Waals surface area contributed by atoms with Gasteiger partial charge in [-0.3, -0.25) is 0 Å². The standard InChI is InChI=1S/C13H17ClFN/c1-3-10(9-16-4-2)7-11-5-6-12(15)8-13(11)14/h5-8,16H,3-4,9H2,1-2H3/b10-7+. The number of rotatable bonds is 5. The fourth-order valence-corrected chi connectivity index (χ4v) is 1.62. The summed E-state index contributed by atoms with van der Waals surface area (Å²) in [5.41, 5.74) is 2.13. The van der Waals surface area contributed by atoms with Gasteiger partial charge in [0.2, 0.25) is 0 Å². The van der Waals surface area contributed by atoms with Crippen LogP contribution >= 0.6 is 11.6 Å². The molecule has 0 amide bonds. The molecule has 0 heterocycles. The zero-order valence-electron chi connectivity index (χ0n) is 9.69. The van der Waals surface area contributed by atoms with Crippen molar-refractivity contribution in [1.82, 2.24) is 5.32 Å². The van der Waals surface area contributed by atoms with Crippen LogP contribution in [-0.4, -0.2) is 13.1 Å². The van der Waals surface area contributed by atoms with Crippen molar-refractivity contribution in [1.29, 1.82) is 0 Å². The Hall–Kier alpha value is -0.860. The number of halogens is 2. The van der Waals surface area contributed by atoms with Crippen LogP contribution in [0.15, 0.2) is 23.8 Å². The third kappa shape index (κ3) is 3.95. The summed E-state index contributed by atoms with van der Waals surface area (Å²) in [6, 6.07) is 4.48. The largest absolute Gasteiger partial charge is 0.313 e. The summed E-state index contributed by atoms with van der Waals surface area (Å²) in [5, 5.41) is 3.73. The Balaban J connectivity index is 2.86. The predicted molar refractivity (Wildman–Crippen MR) is 68.2 cm³/mol. The lowest BCUT2D eigenvalue weighted by Gasteiger charge is -2.06. The number of benzene rings is 1. The van der Waals surface area contributed by atoms with Gasteiger partial charge >= 0.3 is 0 Å². The van der Waals surface area contributed by atoms with Crippen LogP contribution in [0.1, 0.15) is 25.8 Å². The average molecular weight is 242 g/mol. The van der Waals surface area contributed by atoms with E-state index in [4.69, 9.17) is 11.6 Å². The van der Waals surface area contributed by atoms with E-state index in [2.05, 4.69) is 19.2 Å². The van der Waals surface area contributed by atoms with Crippen LogP contribution < -0.4 is 5.32 Å². The molecule has 1 nitrogen and oxygen atoms in total. The Morgan fingerprint density at radius 1 is 1.44 bits per heavy atom. The molecule has 16 heavy (non-hydrogen) atoms. The zero-order valence-corrected chi connectivity index (χ0v) is 10.4. The van der Waals surface area contributed by atoms with Crippen molar-refractivity contribution in [3.05, 3.63) is 40.2 Å². The second-order valence-electron chi connectivity index (χ2n) is 3.60. The van der Waals surface area contributed by atoms with Crippen LogP contribution in [0.4, 0.5) is 4.39 Å². The van der Waals surface area contributed by atoms with Gasteiger partial charge in [-0.15, -0.1) is 0 Å². The summed E-state index contributed by atoms with van der Waals surface area (Å²) in [6.45, 7) is 5.95. The highest BCUT2D eigenvalue weighted by atomic mass is 35.5. The van der Waals surface area contributed by atoms with Crippen molar-refractivity contribution in [3.8, 4) is 0 Å². The monoisotopic (exact) mass is 241 g/mol. The Morgan fingerprint density at radius 3 is 2.75 bits per heavy atom. The van der Waals surface area contributed by atoms with E-state index in [9.17, 15) is 4.39 Å². The van der Waals surface area contributed by atoms with Gasteiger partial charge in [-0.1, -0.05) is 43.2 Å². The van der Waals surface area contributed by atoms with Gasteiger partial charge in [-0.2, -0.15) is 0 Å². The molecule has 0 bridgehead atoms. The summed E-state index contributed by atoms with van der Waals surface area (Å²) in [4.78, 5) is 0. The van der Waals surface area contributed by atoms with Gasteiger partial charge in [0, 0.05) is 6.54 Å². The summed E-state index contributed by atoms with van der Waals surface area (Å²) >= 11 is 5.96. The normalized spacial score (nSPS) is 11.9. The zero-order chi connectivity index (χ0) is 12.0. The molecule has 88 valence electrons. The summed E-state index contributed by atoms with van der Waals surface area (Å²) in [7, 11) is 0. The first kappa shape index (κ1) is 13.2. The Kier molecular flexibility index (Phi) is 5.50. The molecular formula is C13H17ClFN. The molecular weight excluding hydrogens is 225 g/mol. The molecule has 0 atom stereocenters. The lowest BCUT2D eigenvalue weighted by Crippen LogP contribution is -2.15. The molecule has 0 fully saturated rings. The van der Waals surface area contributed by atoms with Crippen molar-refractivity contribution >= 4 is 17.7 Å². The van der Waals surface area contributed by atoms with Gasteiger partial charge in [0.05, 0.1) is 5.02 Å². The number of hydrogen-bond acceptors (Lipinski definition) is 1. The highest BCUT2D eigenvalue weighted by Gasteiger charge is 2.01. The minimum atomic E-state index is -0.299. The highest BCUT2D eigenvalue weighted by Crippen LogP contribution is 2.20. The first-order valence-corrected chi connectivity index (χ1v) is 5.90. The quantitative estimate of drug-likeness (QED) is 0.825. The van der Waals surface area contributed by atoms with Crippen LogP contribution in [-0.2, 0) is 0 Å². The molecule has 0 spiro atoms. The van der Waals surface area contributed by atoms with E-state index in [-0.39, 0.29) is 5.82 Å². The van der Waals surface area contributed by atoms with E-state index in [1.54, 1.807) is 6.07 Å². The lowest BCUT2D eigenvalue weighted by molar-refractivity contribution is 0.628. The molecule has 0 saturated carbocycles. The molecule has 0 unspecified atom stereocenters. The fourth-order valence-electron chi connectivity index (χ4n) is 1.40. The molecule has 0 aliphatic rings. The van der Waals surface area contributed by atoms with Crippen molar-refractivity contribution in [2.45, 2.75) is 20.3 Å². The molecule has 0 radical (unpaired) electrons. The minimum Gasteiger partial charge on any atom is -0.313 e. The Bertz CT molecular complexity index is 374. The highest BCUT2D eigenvalue weighted by molar-refractivity contribution is 6.32. The van der Waals surface area contributed by atoms with Gasteiger partial charge in [0.25, 0.3) is 0 Å². The number of nitrogens with one attached hydrogen (secondary N) is 1. The van der Waals surface area contributed by atoms with E-state index in [1.165, 1.54) is 17.7 Å². The summed E-state index contributed by atoms with van der Waals surface area (Å²) in [5.74, 6) is -0.299. The molecule has 1 aromatic rings. The van der Waals surface area contributed by atoms with Gasteiger partial charge in [-0.25, -0.2) is 4.39 Å². The van der Waals surface area contributed by atoms with E-state index in [1.807, 2.05) is 6.08 Å². The molecule has 0 aliphatic heterocycles. The smallest absolute Gasteiger partial charge is 0.124 e. The average Bonchev–Trinajstić information content (AvgIpc) is 2.27. The van der Waals surface area contributed by atoms with Crippen LogP contribution in [0.2, 0.25) is 5.02 Å². The fraction of sp³-hybridized carbons (Fsp3) is 0.385. The number of hydrogen-bond donors (Lipinski definition) is 1. The summed E-state index contributed by atoms with van der Waals surface area (Å²) in [6.07, 6.45) is 2.98. The SMILES string of the molecule is CCNC/C(=C/c1ccc(F)cc1Cl)CC. The maximum absolute atomic E-state index is 12.9. The molecule has 3 heteroatoms. The van der Waals surface area contributed by atoms with Crippen molar-refractivity contribution in [3.63, 3.8) is 0 Å². The maximum atomic E-state index is 12.9. The third-order valence-electron chi connectivity index (χ3n) is 2.38. The van der Waals surface area contributed by atoms with Crippen LogP contribution in [0.3, 0.4) is 0 Å².